The molecule has 35 heavy (non-hydrogen) atoms. The quantitative estimate of drug-likeness (QED) is 0.175. The van der Waals surface area contributed by atoms with Gasteiger partial charge in [-0.3, -0.25) is 4.79 Å². The Hall–Kier alpha value is -3.62. The average Bonchev–Trinajstić information content (AvgIpc) is 2.81. The lowest BCUT2D eigenvalue weighted by atomic mass is 9.99. The predicted octanol–water partition coefficient (Wildman–Crippen LogP) is -0.869. The molecule has 1 saturated heterocycles. The maximum absolute atomic E-state index is 12.7. The molecule has 7 N–H and O–H groups in total. The number of phenolic OH excluding ortho intramolecular Hbond substituents is 2. The van der Waals surface area contributed by atoms with Crippen molar-refractivity contribution in [2.24, 2.45) is 0 Å². The number of aliphatic hydroxyl groups is 4. The number of phenols is 2. The van der Waals surface area contributed by atoms with Crippen molar-refractivity contribution in [3.63, 3.8) is 0 Å². The molecule has 3 rings (SSSR count). The molecule has 0 aliphatic carbocycles. The zero-order chi connectivity index (χ0) is 25.9. The second kappa shape index (κ2) is 10.8. The fourth-order valence-electron chi connectivity index (χ4n) is 3.36. The Kier molecular flexibility index (Phi) is 7.99. The van der Waals surface area contributed by atoms with Crippen LogP contribution in [0.1, 0.15) is 15.9 Å². The normalized spacial score (nSPS) is 24.0. The molecule has 13 heteroatoms. The van der Waals surface area contributed by atoms with Gasteiger partial charge in [-0.05, 0) is 18.2 Å². The van der Waals surface area contributed by atoms with Crippen LogP contribution in [0.15, 0.2) is 30.3 Å². The minimum atomic E-state index is -1.76. The molecule has 1 fully saturated rings. The lowest BCUT2D eigenvalue weighted by Crippen LogP contribution is -2.60. The van der Waals surface area contributed by atoms with Crippen LogP contribution < -0.4 is 14.2 Å². The van der Waals surface area contributed by atoms with Crippen LogP contribution in [0.4, 0.5) is 0 Å². The first-order valence-corrected chi connectivity index (χ1v) is 10.2. The number of carbonyl (C=O) groups excluding carboxylic acids is 1. The summed E-state index contributed by atoms with van der Waals surface area (Å²) in [6.07, 6.45) is -8.72. The molecule has 0 spiro atoms. The van der Waals surface area contributed by atoms with Crippen molar-refractivity contribution >= 4 is 11.9 Å². The Morgan fingerprint density at radius 2 is 1.69 bits per heavy atom. The highest BCUT2D eigenvalue weighted by Gasteiger charge is 2.44. The molecular weight excluding hydrogens is 472 g/mol. The molecule has 13 nitrogen and oxygen atoms in total. The topological polar surface area (TPSA) is 213 Å². The molecule has 2 aromatic rings. The maximum Gasteiger partial charge on any atom is 0.343 e. The molecule has 0 radical (unpaired) electrons. The Bertz CT molecular complexity index is 1080. The first kappa shape index (κ1) is 26.0. The Morgan fingerprint density at radius 3 is 2.31 bits per heavy atom. The van der Waals surface area contributed by atoms with E-state index in [2.05, 4.69) is 0 Å². The van der Waals surface area contributed by atoms with E-state index in [1.165, 1.54) is 25.3 Å². The van der Waals surface area contributed by atoms with E-state index in [1.807, 2.05) is 0 Å². The van der Waals surface area contributed by atoms with Crippen LogP contribution in [-0.2, 0) is 16.0 Å². The number of esters is 1. The van der Waals surface area contributed by atoms with Gasteiger partial charge in [0.25, 0.3) is 0 Å². The molecule has 1 heterocycles. The number of rotatable bonds is 8. The maximum atomic E-state index is 12.7. The minimum Gasteiger partial charge on any atom is -0.507 e. The molecular formula is C22H24O13. The molecule has 0 saturated carbocycles. The Labute approximate surface area is 197 Å². The zero-order valence-corrected chi connectivity index (χ0v) is 18.3. The van der Waals surface area contributed by atoms with Gasteiger partial charge in [0.15, 0.2) is 11.5 Å². The molecule has 0 unspecified atom stereocenters. The fraction of sp³-hybridized carbons (Fsp3) is 0.364. The molecule has 0 amide bonds. The standard InChI is InChI=1S/C22H24O13/c1-32-15-4-9(2-3-12(15)24)21(31)34-14-6-10(5-13(25)11(14)7-17(26)27)33-22-20(30)19(29)18(28)16(8-23)35-22/h2-6,16,18-20,22-25,28-30H,7-8H2,1H3,(H,26,27)/t16-,18-,19+,20-,22-/m1/s1. The van der Waals surface area contributed by atoms with Gasteiger partial charge in [-0.15, -0.1) is 0 Å². The highest BCUT2D eigenvalue weighted by Crippen LogP contribution is 2.36. The number of ether oxygens (including phenoxy) is 4. The number of aliphatic carboxylic acids is 1. The highest BCUT2D eigenvalue weighted by molar-refractivity contribution is 5.92. The molecule has 2 aromatic carbocycles. The van der Waals surface area contributed by atoms with Gasteiger partial charge in [-0.25, -0.2) is 4.79 Å². The Morgan fingerprint density at radius 1 is 0.971 bits per heavy atom. The van der Waals surface area contributed by atoms with E-state index in [-0.39, 0.29) is 28.4 Å². The van der Waals surface area contributed by atoms with Crippen molar-refractivity contribution in [1.82, 2.24) is 0 Å². The lowest BCUT2D eigenvalue weighted by molar-refractivity contribution is -0.277. The third kappa shape index (κ3) is 5.72. The number of carbonyl (C=O) groups is 2. The first-order chi connectivity index (χ1) is 16.5. The second-order valence-electron chi connectivity index (χ2n) is 7.58. The molecule has 1 aliphatic rings. The van der Waals surface area contributed by atoms with Crippen LogP contribution >= 0.6 is 0 Å². The van der Waals surface area contributed by atoms with E-state index in [9.17, 15) is 45.3 Å². The summed E-state index contributed by atoms with van der Waals surface area (Å²) < 4.78 is 20.9. The third-order valence-corrected chi connectivity index (χ3v) is 5.21. The van der Waals surface area contributed by atoms with Gasteiger partial charge in [0, 0.05) is 17.7 Å². The number of hydrogen-bond acceptors (Lipinski definition) is 12. The van der Waals surface area contributed by atoms with Crippen molar-refractivity contribution in [3.8, 4) is 28.7 Å². The minimum absolute atomic E-state index is 0.0206. The molecule has 0 bridgehead atoms. The number of hydrogen-bond donors (Lipinski definition) is 7. The van der Waals surface area contributed by atoms with Crippen molar-refractivity contribution in [1.29, 1.82) is 0 Å². The third-order valence-electron chi connectivity index (χ3n) is 5.21. The fourth-order valence-corrected chi connectivity index (χ4v) is 3.36. The van der Waals surface area contributed by atoms with Crippen LogP contribution in [0.2, 0.25) is 0 Å². The summed E-state index contributed by atoms with van der Waals surface area (Å²) in [6.45, 7) is -0.702. The smallest absolute Gasteiger partial charge is 0.343 e. The van der Waals surface area contributed by atoms with Crippen LogP contribution in [0.5, 0.6) is 28.7 Å². The van der Waals surface area contributed by atoms with E-state index < -0.39 is 67.2 Å². The summed E-state index contributed by atoms with van der Waals surface area (Å²) in [6, 6.07) is 5.62. The molecule has 0 aromatic heterocycles. The van der Waals surface area contributed by atoms with Gasteiger partial charge in [0.1, 0.15) is 41.7 Å². The number of aliphatic hydroxyl groups excluding tert-OH is 4. The average molecular weight is 496 g/mol. The number of benzene rings is 2. The van der Waals surface area contributed by atoms with Crippen LogP contribution in [0.25, 0.3) is 0 Å². The summed E-state index contributed by atoms with van der Waals surface area (Å²) in [7, 11) is 1.27. The van der Waals surface area contributed by atoms with Crippen LogP contribution in [0.3, 0.4) is 0 Å². The van der Waals surface area contributed by atoms with Crippen LogP contribution in [-0.4, -0.2) is 92.1 Å². The molecule has 190 valence electrons. The van der Waals surface area contributed by atoms with E-state index in [4.69, 9.17) is 18.9 Å². The largest absolute Gasteiger partial charge is 0.507 e. The van der Waals surface area contributed by atoms with Gasteiger partial charge in [0.05, 0.1) is 25.7 Å². The summed E-state index contributed by atoms with van der Waals surface area (Å²) in [5.41, 5.74) is -0.335. The highest BCUT2D eigenvalue weighted by atomic mass is 16.7. The summed E-state index contributed by atoms with van der Waals surface area (Å²) >= 11 is 0. The molecule has 1 aliphatic heterocycles. The van der Waals surface area contributed by atoms with E-state index in [1.54, 1.807) is 0 Å². The first-order valence-electron chi connectivity index (χ1n) is 10.2. The van der Waals surface area contributed by atoms with Gasteiger partial charge >= 0.3 is 11.9 Å². The van der Waals surface area contributed by atoms with Gasteiger partial charge in [-0.2, -0.15) is 0 Å². The Balaban J connectivity index is 1.92. The van der Waals surface area contributed by atoms with Gasteiger partial charge in [0.2, 0.25) is 6.29 Å². The second-order valence-corrected chi connectivity index (χ2v) is 7.58. The van der Waals surface area contributed by atoms with Crippen LogP contribution in [0, 0.1) is 0 Å². The summed E-state index contributed by atoms with van der Waals surface area (Å²) in [5, 5.41) is 68.6. The predicted molar refractivity (Wildman–Crippen MR) is 113 cm³/mol. The van der Waals surface area contributed by atoms with Crippen molar-refractivity contribution in [2.75, 3.05) is 13.7 Å². The van der Waals surface area contributed by atoms with Crippen molar-refractivity contribution < 1.29 is 64.3 Å². The number of carboxylic acids is 1. The van der Waals surface area contributed by atoms with Crippen molar-refractivity contribution in [3.05, 3.63) is 41.5 Å². The number of aromatic hydroxyl groups is 2. The van der Waals surface area contributed by atoms with Crippen molar-refractivity contribution in [2.45, 2.75) is 37.1 Å². The summed E-state index contributed by atoms with van der Waals surface area (Å²) in [4.78, 5) is 23.9. The van der Waals surface area contributed by atoms with Gasteiger partial charge in [-0.1, -0.05) is 0 Å². The summed E-state index contributed by atoms with van der Waals surface area (Å²) in [5.74, 6) is -3.86. The number of methoxy groups -OCH3 is 1. The van der Waals surface area contributed by atoms with Gasteiger partial charge < -0.3 is 54.7 Å². The monoisotopic (exact) mass is 496 g/mol. The lowest BCUT2D eigenvalue weighted by Gasteiger charge is -2.39. The van der Waals surface area contributed by atoms with E-state index >= 15 is 0 Å². The van der Waals surface area contributed by atoms with E-state index in [0.29, 0.717) is 0 Å². The SMILES string of the molecule is COc1cc(C(=O)Oc2cc(O[C@@H]3O[C@H](CO)[C@@H](O)[C@H](O)[C@H]3O)cc(O)c2CC(=O)O)ccc1O. The number of carboxylic acid groups (broad SMARTS) is 1. The van der Waals surface area contributed by atoms with E-state index in [0.717, 1.165) is 12.1 Å². The molecule has 5 atom stereocenters. The zero-order valence-electron chi connectivity index (χ0n) is 18.3.